The average Bonchev–Trinajstić information content (AvgIpc) is 2.64. The van der Waals surface area contributed by atoms with Gasteiger partial charge in [-0.2, -0.15) is 0 Å². The minimum absolute atomic E-state index is 1.47. The second kappa shape index (κ2) is 4.98. The maximum absolute atomic E-state index is 3.67. The molecule has 0 atom stereocenters. The Morgan fingerprint density at radius 2 is 1.64 bits per heavy atom. The Labute approximate surface area is 62.7 Å². The molecule has 0 aliphatic rings. The maximum atomic E-state index is 3.67. The van der Waals surface area contributed by atoms with Crippen LogP contribution in [0.5, 0.6) is 0 Å². The lowest BCUT2D eigenvalue weighted by Crippen LogP contribution is -1.84. The van der Waals surface area contributed by atoms with Gasteiger partial charge in [0, 0.05) is 12.4 Å². The van der Waals surface area contributed by atoms with E-state index in [-0.39, 0.29) is 0 Å². The topological polar surface area (TPSA) is 80.2 Å². The normalized spacial score (nSPS) is 8.00. The SMILES string of the molecule is c1c[nH]cn1.c1cnnnn1. The third-order valence-electron chi connectivity index (χ3n) is 0.749. The van der Waals surface area contributed by atoms with Crippen LogP contribution in [0.3, 0.4) is 0 Å². The van der Waals surface area contributed by atoms with Gasteiger partial charge in [0.15, 0.2) is 0 Å². The maximum Gasteiger partial charge on any atom is 0.0919 e. The average molecular weight is 150 g/mol. The number of hydrogen-bond donors (Lipinski definition) is 1. The zero-order chi connectivity index (χ0) is 7.78. The van der Waals surface area contributed by atoms with Gasteiger partial charge >= 0.3 is 0 Å². The molecule has 6 heteroatoms. The molecule has 6 nitrogen and oxygen atoms in total. The standard InChI is InChI=1S/C3H4N2.C2H2N4/c1-2-5-3-4-1;1-2-4-6-5-3-1/h1-3H,(H,4,5);1-2H. The quantitative estimate of drug-likeness (QED) is 0.556. The highest BCUT2D eigenvalue weighted by molar-refractivity contribution is 4.64. The molecule has 0 saturated carbocycles. The second-order valence-electron chi connectivity index (χ2n) is 1.47. The summed E-state index contributed by atoms with van der Waals surface area (Å²) < 4.78 is 0. The van der Waals surface area contributed by atoms with Crippen molar-refractivity contribution in [2.75, 3.05) is 0 Å². The summed E-state index contributed by atoms with van der Waals surface area (Å²) in [6, 6.07) is 0. The fraction of sp³-hybridized carbons (Fsp3) is 0. The molecular weight excluding hydrogens is 144 g/mol. The Morgan fingerprint density at radius 3 is 1.82 bits per heavy atom. The van der Waals surface area contributed by atoms with Gasteiger partial charge in [0.25, 0.3) is 0 Å². The van der Waals surface area contributed by atoms with Crippen LogP contribution in [0, 0.1) is 0 Å². The first-order chi connectivity index (χ1) is 5.50. The zero-order valence-corrected chi connectivity index (χ0v) is 5.62. The second-order valence-corrected chi connectivity index (χ2v) is 1.47. The molecule has 0 bridgehead atoms. The smallest absolute Gasteiger partial charge is 0.0919 e. The van der Waals surface area contributed by atoms with Crippen molar-refractivity contribution in [3.8, 4) is 0 Å². The molecule has 0 fully saturated rings. The Balaban J connectivity index is 0.000000112. The summed E-state index contributed by atoms with van der Waals surface area (Å²) in [5.41, 5.74) is 0. The van der Waals surface area contributed by atoms with Gasteiger partial charge in [-0.3, -0.25) is 0 Å². The van der Waals surface area contributed by atoms with E-state index in [0.717, 1.165) is 0 Å². The number of nitrogens with one attached hydrogen (secondary N) is 1. The molecule has 0 unspecified atom stereocenters. The monoisotopic (exact) mass is 150 g/mol. The number of H-pyrrole nitrogens is 1. The van der Waals surface area contributed by atoms with Crippen LogP contribution < -0.4 is 0 Å². The van der Waals surface area contributed by atoms with Gasteiger partial charge in [0.1, 0.15) is 0 Å². The van der Waals surface area contributed by atoms with E-state index in [1.807, 2.05) is 0 Å². The first-order valence-corrected chi connectivity index (χ1v) is 2.88. The molecule has 0 spiro atoms. The number of imidazole rings is 1. The molecule has 0 radical (unpaired) electrons. The zero-order valence-electron chi connectivity index (χ0n) is 5.62. The molecule has 1 N–H and O–H groups in total. The lowest BCUT2D eigenvalue weighted by molar-refractivity contribution is 0.761. The minimum Gasteiger partial charge on any atom is -0.351 e. The molecule has 0 aromatic carbocycles. The van der Waals surface area contributed by atoms with Gasteiger partial charge in [0.2, 0.25) is 0 Å². The summed E-state index contributed by atoms with van der Waals surface area (Å²) in [7, 11) is 0. The molecule has 0 aliphatic carbocycles. The Bertz CT molecular complexity index is 197. The Morgan fingerprint density at radius 1 is 0.909 bits per heavy atom. The van der Waals surface area contributed by atoms with Gasteiger partial charge in [-0.1, -0.05) is 0 Å². The molecule has 0 saturated heterocycles. The van der Waals surface area contributed by atoms with E-state index in [2.05, 4.69) is 30.6 Å². The van der Waals surface area contributed by atoms with Gasteiger partial charge in [-0.15, -0.1) is 10.2 Å². The molecule has 0 amide bonds. The van der Waals surface area contributed by atoms with Crippen LogP contribution in [0.2, 0.25) is 0 Å². The van der Waals surface area contributed by atoms with Crippen molar-refractivity contribution < 1.29 is 0 Å². The van der Waals surface area contributed by atoms with Gasteiger partial charge in [-0.25, -0.2) is 4.98 Å². The third-order valence-corrected chi connectivity index (χ3v) is 0.749. The highest BCUT2D eigenvalue weighted by atomic mass is 15.4. The molecule has 2 heterocycles. The van der Waals surface area contributed by atoms with Crippen molar-refractivity contribution in [2.24, 2.45) is 0 Å². The first-order valence-electron chi connectivity index (χ1n) is 2.88. The van der Waals surface area contributed by atoms with Crippen molar-refractivity contribution in [3.05, 3.63) is 31.1 Å². The predicted octanol–water partition coefficient (Wildman–Crippen LogP) is -0.324. The fourth-order valence-corrected chi connectivity index (χ4v) is 0.381. The van der Waals surface area contributed by atoms with Crippen molar-refractivity contribution in [2.45, 2.75) is 0 Å². The molecule has 0 aliphatic heterocycles. The van der Waals surface area contributed by atoms with Crippen LogP contribution in [-0.2, 0) is 0 Å². The lowest BCUT2D eigenvalue weighted by atomic mass is 11.0. The third kappa shape index (κ3) is 3.68. The van der Waals surface area contributed by atoms with Crippen LogP contribution in [0.15, 0.2) is 31.1 Å². The van der Waals surface area contributed by atoms with Gasteiger partial charge in [0.05, 0.1) is 18.7 Å². The highest BCUT2D eigenvalue weighted by Crippen LogP contribution is 1.62. The van der Waals surface area contributed by atoms with Crippen LogP contribution in [-0.4, -0.2) is 30.6 Å². The number of hydrogen-bond acceptors (Lipinski definition) is 5. The molecule has 56 valence electrons. The largest absolute Gasteiger partial charge is 0.351 e. The number of aromatic nitrogens is 6. The van der Waals surface area contributed by atoms with Gasteiger partial charge in [-0.05, 0) is 10.4 Å². The molecule has 2 aromatic rings. The fourth-order valence-electron chi connectivity index (χ4n) is 0.381. The minimum atomic E-state index is 1.47. The molecular formula is C5H6N6. The summed E-state index contributed by atoms with van der Waals surface area (Å²) in [5.74, 6) is 0. The van der Waals surface area contributed by atoms with E-state index in [0.29, 0.717) is 0 Å². The summed E-state index contributed by atoms with van der Waals surface area (Å²) in [5, 5.41) is 13.1. The van der Waals surface area contributed by atoms with Crippen molar-refractivity contribution in [1.29, 1.82) is 0 Å². The van der Waals surface area contributed by atoms with Crippen LogP contribution in [0.4, 0.5) is 0 Å². The Kier molecular flexibility index (Phi) is 3.28. The van der Waals surface area contributed by atoms with Crippen molar-refractivity contribution in [3.63, 3.8) is 0 Å². The Hall–Kier alpha value is -1.85. The van der Waals surface area contributed by atoms with Crippen LogP contribution in [0.1, 0.15) is 0 Å². The van der Waals surface area contributed by atoms with E-state index >= 15 is 0 Å². The van der Waals surface area contributed by atoms with Gasteiger partial charge < -0.3 is 4.98 Å². The van der Waals surface area contributed by atoms with Crippen molar-refractivity contribution >= 4 is 0 Å². The highest BCUT2D eigenvalue weighted by Gasteiger charge is 1.61. The summed E-state index contributed by atoms with van der Waals surface area (Å²) >= 11 is 0. The molecule has 11 heavy (non-hydrogen) atoms. The number of aromatic amines is 1. The van der Waals surface area contributed by atoms with Crippen molar-refractivity contribution in [1.82, 2.24) is 30.6 Å². The van der Waals surface area contributed by atoms with E-state index in [9.17, 15) is 0 Å². The number of nitrogens with zero attached hydrogens (tertiary/aromatic N) is 5. The summed E-state index contributed by atoms with van der Waals surface area (Å²) in [6.45, 7) is 0. The first kappa shape index (κ1) is 7.26. The lowest BCUT2D eigenvalue weighted by Gasteiger charge is -1.67. The number of rotatable bonds is 0. The van der Waals surface area contributed by atoms with Crippen LogP contribution in [0.25, 0.3) is 0 Å². The van der Waals surface area contributed by atoms with E-state index in [1.54, 1.807) is 18.7 Å². The summed E-state index contributed by atoms with van der Waals surface area (Å²) in [4.78, 5) is 6.42. The van der Waals surface area contributed by atoms with E-state index in [1.165, 1.54) is 12.4 Å². The van der Waals surface area contributed by atoms with Crippen LogP contribution >= 0.6 is 0 Å². The predicted molar refractivity (Wildman–Crippen MR) is 36.2 cm³/mol. The van der Waals surface area contributed by atoms with E-state index < -0.39 is 0 Å². The van der Waals surface area contributed by atoms with E-state index in [4.69, 9.17) is 0 Å². The molecule has 2 rings (SSSR count). The molecule has 2 aromatic heterocycles. The summed E-state index contributed by atoms with van der Waals surface area (Å²) in [6.07, 6.45) is 8.01.